The second-order valence-electron chi connectivity index (χ2n) is 5.22. The van der Waals surface area contributed by atoms with E-state index in [9.17, 15) is 18.0 Å². The topological polar surface area (TPSA) is 122 Å². The molecule has 0 atom stereocenters. The maximum Gasteiger partial charge on any atom is 0.422 e. The highest BCUT2D eigenvalue weighted by Gasteiger charge is 2.40. The van der Waals surface area contributed by atoms with Gasteiger partial charge < -0.3 is 9.84 Å². The van der Waals surface area contributed by atoms with E-state index in [4.69, 9.17) is 5.11 Å². The van der Waals surface area contributed by atoms with E-state index in [-0.39, 0.29) is 6.42 Å². The van der Waals surface area contributed by atoms with Gasteiger partial charge in [-0.1, -0.05) is 12.8 Å². The molecule has 0 aliphatic heterocycles. The van der Waals surface area contributed by atoms with Crippen LogP contribution in [0.5, 0.6) is 0 Å². The molecule has 9 heteroatoms. The van der Waals surface area contributed by atoms with Crippen LogP contribution in [-0.2, 0) is 19.7 Å². The van der Waals surface area contributed by atoms with E-state index in [1.54, 1.807) is 18.6 Å². The number of hydrogen-bond donors (Lipinski definition) is 3. The zero-order chi connectivity index (χ0) is 15.4. The van der Waals surface area contributed by atoms with Crippen LogP contribution in [0.3, 0.4) is 0 Å². The number of aliphatic carboxylic acids is 1. The van der Waals surface area contributed by atoms with E-state index in [0.717, 1.165) is 12.8 Å². The van der Waals surface area contributed by atoms with Gasteiger partial charge in [0, 0.05) is 5.54 Å². The van der Waals surface area contributed by atoms with E-state index in [1.807, 2.05) is 0 Å². The summed E-state index contributed by atoms with van der Waals surface area (Å²) in [5.74, 6) is -1.08. The van der Waals surface area contributed by atoms with E-state index < -0.39 is 33.9 Å². The molecule has 1 aliphatic rings. The van der Waals surface area contributed by atoms with Crippen molar-refractivity contribution in [3.63, 3.8) is 0 Å². The van der Waals surface area contributed by atoms with Crippen LogP contribution in [0.4, 0.5) is 4.79 Å². The summed E-state index contributed by atoms with van der Waals surface area (Å²) in [5.41, 5.74) is -1.03. The Morgan fingerprint density at radius 1 is 1.30 bits per heavy atom. The van der Waals surface area contributed by atoms with Crippen LogP contribution in [0.15, 0.2) is 0 Å². The van der Waals surface area contributed by atoms with Gasteiger partial charge in [0.05, 0.1) is 12.5 Å². The predicted octanol–water partition coefficient (Wildman–Crippen LogP) is 0.743. The van der Waals surface area contributed by atoms with Crippen LogP contribution >= 0.6 is 0 Å². The second-order valence-corrected chi connectivity index (χ2v) is 6.63. The molecule has 1 rings (SSSR count). The molecule has 0 bridgehead atoms. The predicted molar refractivity (Wildman–Crippen MR) is 70.3 cm³/mol. The molecule has 1 fully saturated rings. The number of hydrogen-bond acceptors (Lipinski definition) is 5. The number of carboxylic acid groups (broad SMARTS) is 1. The molecule has 3 N–H and O–H groups in total. The summed E-state index contributed by atoms with van der Waals surface area (Å²) in [5, 5.41) is 8.89. The van der Waals surface area contributed by atoms with Gasteiger partial charge in [0.1, 0.15) is 0 Å². The number of carbonyl (C=O) groups is 2. The number of carboxylic acids is 1. The van der Waals surface area contributed by atoms with Crippen LogP contribution in [-0.4, -0.2) is 37.2 Å². The molecule has 116 valence electrons. The van der Waals surface area contributed by atoms with Gasteiger partial charge in [0.2, 0.25) is 0 Å². The maximum atomic E-state index is 11.8. The summed E-state index contributed by atoms with van der Waals surface area (Å²) in [6.07, 6.45) is 0.491. The average Bonchev–Trinajstić information content (AvgIpc) is 2.60. The smallest absolute Gasteiger partial charge is 0.422 e. The average molecular weight is 308 g/mol. The Morgan fingerprint density at radius 3 is 2.30 bits per heavy atom. The number of carbonyl (C=O) groups excluding carboxylic acids is 1. The molecular formula is C11H20N2O6S. The molecule has 20 heavy (non-hydrogen) atoms. The Balaban J connectivity index is 2.72. The lowest BCUT2D eigenvalue weighted by atomic mass is 9.95. The van der Waals surface area contributed by atoms with Crippen LogP contribution in [0.2, 0.25) is 0 Å². The zero-order valence-corrected chi connectivity index (χ0v) is 12.3. The van der Waals surface area contributed by atoms with Crippen molar-refractivity contribution in [2.24, 2.45) is 0 Å². The Bertz CT molecular complexity index is 467. The summed E-state index contributed by atoms with van der Waals surface area (Å²) in [7, 11) is -4.15. The third-order valence-corrected chi connectivity index (χ3v) is 4.10. The number of ether oxygens (including phenoxy) is 1. The molecule has 1 aliphatic carbocycles. The Labute approximate surface area is 118 Å². The molecule has 8 nitrogen and oxygen atoms in total. The molecular weight excluding hydrogens is 288 g/mol. The van der Waals surface area contributed by atoms with E-state index >= 15 is 0 Å². The molecule has 1 amide bonds. The van der Waals surface area contributed by atoms with E-state index in [2.05, 4.69) is 9.46 Å². The molecule has 0 saturated heterocycles. The molecule has 0 spiro atoms. The summed E-state index contributed by atoms with van der Waals surface area (Å²) in [6.45, 7) is 3.17. The fourth-order valence-electron chi connectivity index (χ4n) is 2.31. The van der Waals surface area contributed by atoms with Gasteiger partial charge in [0.25, 0.3) is 0 Å². The first-order valence-corrected chi connectivity index (χ1v) is 7.87. The first kappa shape index (κ1) is 16.7. The maximum absolute atomic E-state index is 11.8. The number of amides is 1. The van der Waals surface area contributed by atoms with Crippen molar-refractivity contribution in [2.75, 3.05) is 0 Å². The standard InChI is InChI=1S/C11H20N2O6S/c1-8(2)19-10(16)12-20(17,18)13-11(7-9(14)15)5-3-4-6-11/h8,13H,3-7H2,1-2H3,(H,12,16)(H,14,15). The molecule has 0 aromatic carbocycles. The monoisotopic (exact) mass is 308 g/mol. The van der Waals surface area contributed by atoms with E-state index in [1.165, 1.54) is 0 Å². The lowest BCUT2D eigenvalue weighted by molar-refractivity contribution is -0.138. The Morgan fingerprint density at radius 2 is 1.85 bits per heavy atom. The number of nitrogens with one attached hydrogen (secondary N) is 2. The highest BCUT2D eigenvalue weighted by atomic mass is 32.2. The Hall–Kier alpha value is -1.35. The zero-order valence-electron chi connectivity index (χ0n) is 11.5. The van der Waals surface area contributed by atoms with Crippen molar-refractivity contribution in [3.05, 3.63) is 0 Å². The summed E-state index contributed by atoms with van der Waals surface area (Å²) in [6, 6.07) is 0. The quantitative estimate of drug-likeness (QED) is 0.665. The van der Waals surface area contributed by atoms with Crippen molar-refractivity contribution in [1.29, 1.82) is 0 Å². The second kappa shape index (κ2) is 6.40. The minimum atomic E-state index is -4.15. The molecule has 0 aromatic heterocycles. The lowest BCUT2D eigenvalue weighted by Crippen LogP contribution is -2.53. The van der Waals surface area contributed by atoms with Gasteiger partial charge in [0.15, 0.2) is 0 Å². The summed E-state index contributed by atoms with van der Waals surface area (Å²) < 4.78 is 32.4. The minimum Gasteiger partial charge on any atom is -0.481 e. The van der Waals surface area contributed by atoms with Gasteiger partial charge in [-0.05, 0) is 26.7 Å². The first-order chi connectivity index (χ1) is 9.14. The third-order valence-electron chi connectivity index (χ3n) is 2.96. The van der Waals surface area contributed by atoms with Crippen molar-refractivity contribution >= 4 is 22.3 Å². The van der Waals surface area contributed by atoms with Crippen molar-refractivity contribution < 1.29 is 27.9 Å². The summed E-state index contributed by atoms with van der Waals surface area (Å²) >= 11 is 0. The SMILES string of the molecule is CC(C)OC(=O)NS(=O)(=O)NC1(CC(=O)O)CCCC1. The fraction of sp³-hybridized carbons (Fsp3) is 0.818. The molecule has 0 heterocycles. The van der Waals surface area contributed by atoms with Crippen molar-refractivity contribution in [1.82, 2.24) is 9.44 Å². The Kier molecular flexibility index (Phi) is 5.35. The minimum absolute atomic E-state index is 0.312. The third kappa shape index (κ3) is 5.33. The van der Waals surface area contributed by atoms with Crippen molar-refractivity contribution in [2.45, 2.75) is 57.6 Å². The van der Waals surface area contributed by atoms with E-state index in [0.29, 0.717) is 12.8 Å². The molecule has 1 saturated carbocycles. The summed E-state index contributed by atoms with van der Waals surface area (Å²) in [4.78, 5) is 22.2. The lowest BCUT2D eigenvalue weighted by Gasteiger charge is -2.28. The normalized spacial score (nSPS) is 17.9. The van der Waals surface area contributed by atoms with Gasteiger partial charge in [-0.3, -0.25) is 4.79 Å². The molecule has 0 unspecified atom stereocenters. The van der Waals surface area contributed by atoms with Gasteiger partial charge >= 0.3 is 22.3 Å². The highest BCUT2D eigenvalue weighted by Crippen LogP contribution is 2.33. The van der Waals surface area contributed by atoms with Crippen LogP contribution in [0, 0.1) is 0 Å². The fourth-order valence-corrected chi connectivity index (χ4v) is 3.48. The largest absolute Gasteiger partial charge is 0.481 e. The van der Waals surface area contributed by atoms with Crippen molar-refractivity contribution in [3.8, 4) is 0 Å². The molecule has 0 radical (unpaired) electrons. The van der Waals surface area contributed by atoms with Gasteiger partial charge in [-0.15, -0.1) is 0 Å². The first-order valence-electron chi connectivity index (χ1n) is 6.38. The highest BCUT2D eigenvalue weighted by molar-refractivity contribution is 7.88. The van der Waals surface area contributed by atoms with Crippen LogP contribution in [0.25, 0.3) is 0 Å². The number of rotatable bonds is 6. The van der Waals surface area contributed by atoms with Crippen LogP contribution < -0.4 is 9.44 Å². The molecule has 0 aromatic rings. The van der Waals surface area contributed by atoms with Gasteiger partial charge in [-0.25, -0.2) is 9.52 Å². The van der Waals surface area contributed by atoms with Gasteiger partial charge in [-0.2, -0.15) is 13.1 Å². The van der Waals surface area contributed by atoms with Crippen LogP contribution in [0.1, 0.15) is 46.0 Å².